The van der Waals surface area contributed by atoms with Gasteiger partial charge in [-0.3, -0.25) is 4.90 Å². The van der Waals surface area contributed by atoms with E-state index in [2.05, 4.69) is 16.3 Å². The van der Waals surface area contributed by atoms with Gasteiger partial charge in [-0.1, -0.05) is 25.2 Å². The number of carbonyl (C=O) groups is 1. The maximum atomic E-state index is 11.8. The van der Waals surface area contributed by atoms with Crippen LogP contribution in [0, 0.1) is 11.3 Å². The fourth-order valence-electron chi connectivity index (χ4n) is 1.28. The molecule has 0 aliphatic rings. The average molecular weight is 267 g/mol. The van der Waals surface area contributed by atoms with Crippen LogP contribution in [0.4, 0.5) is 9.93 Å². The SMILES string of the molecule is CN(C)C(=O)N(C)c1nnc(C(C)(C)CC#N)s1. The van der Waals surface area contributed by atoms with E-state index < -0.39 is 0 Å². The van der Waals surface area contributed by atoms with Crippen LogP contribution in [0.3, 0.4) is 0 Å². The van der Waals surface area contributed by atoms with E-state index in [1.807, 2.05) is 13.8 Å². The Kier molecular flexibility index (Phi) is 4.24. The minimum absolute atomic E-state index is 0.157. The minimum Gasteiger partial charge on any atom is -0.330 e. The third-order valence-electron chi connectivity index (χ3n) is 2.47. The van der Waals surface area contributed by atoms with Gasteiger partial charge in [0.1, 0.15) is 5.01 Å². The Labute approximate surface area is 111 Å². The molecule has 0 aliphatic heterocycles. The van der Waals surface area contributed by atoms with Crippen molar-refractivity contribution in [1.82, 2.24) is 15.1 Å². The van der Waals surface area contributed by atoms with Crippen LogP contribution < -0.4 is 4.90 Å². The van der Waals surface area contributed by atoms with Gasteiger partial charge < -0.3 is 4.90 Å². The molecule has 1 aromatic heterocycles. The lowest BCUT2D eigenvalue weighted by molar-refractivity contribution is 0.225. The maximum Gasteiger partial charge on any atom is 0.325 e. The van der Waals surface area contributed by atoms with E-state index in [0.717, 1.165) is 5.01 Å². The van der Waals surface area contributed by atoms with Crippen LogP contribution >= 0.6 is 11.3 Å². The predicted molar refractivity (Wildman–Crippen MR) is 70.7 cm³/mol. The van der Waals surface area contributed by atoms with Crippen LogP contribution in [0.5, 0.6) is 0 Å². The van der Waals surface area contributed by atoms with Gasteiger partial charge >= 0.3 is 6.03 Å². The first-order valence-electron chi connectivity index (χ1n) is 5.45. The van der Waals surface area contributed by atoms with Crippen LogP contribution in [-0.4, -0.2) is 42.3 Å². The van der Waals surface area contributed by atoms with Crippen molar-refractivity contribution >= 4 is 22.5 Å². The average Bonchev–Trinajstić information content (AvgIpc) is 2.76. The Morgan fingerprint density at radius 2 is 2.00 bits per heavy atom. The molecule has 7 heteroatoms. The number of aromatic nitrogens is 2. The number of hydrogen-bond donors (Lipinski definition) is 0. The normalized spacial score (nSPS) is 10.9. The molecule has 0 saturated carbocycles. The monoisotopic (exact) mass is 267 g/mol. The van der Waals surface area contributed by atoms with Gasteiger partial charge in [0.25, 0.3) is 0 Å². The summed E-state index contributed by atoms with van der Waals surface area (Å²) < 4.78 is 0. The number of nitrogens with zero attached hydrogens (tertiary/aromatic N) is 5. The third kappa shape index (κ3) is 2.96. The minimum atomic E-state index is -0.341. The molecule has 2 amide bonds. The van der Waals surface area contributed by atoms with E-state index in [4.69, 9.17) is 5.26 Å². The van der Waals surface area contributed by atoms with Gasteiger partial charge in [-0.15, -0.1) is 10.2 Å². The number of urea groups is 1. The molecule has 0 fully saturated rings. The second kappa shape index (κ2) is 5.31. The molecule has 0 aromatic carbocycles. The molecule has 0 N–H and O–H groups in total. The lowest BCUT2D eigenvalue weighted by atomic mass is 9.91. The van der Waals surface area contributed by atoms with E-state index >= 15 is 0 Å². The van der Waals surface area contributed by atoms with Crippen LogP contribution in [0.15, 0.2) is 0 Å². The zero-order valence-electron chi connectivity index (χ0n) is 11.3. The van der Waals surface area contributed by atoms with Gasteiger partial charge in [-0.25, -0.2) is 4.79 Å². The van der Waals surface area contributed by atoms with Gasteiger partial charge in [0.15, 0.2) is 0 Å². The molecule has 1 rings (SSSR count). The maximum absolute atomic E-state index is 11.8. The van der Waals surface area contributed by atoms with E-state index in [-0.39, 0.29) is 11.4 Å². The Morgan fingerprint density at radius 3 is 2.50 bits per heavy atom. The number of anilines is 1. The smallest absolute Gasteiger partial charge is 0.325 e. The fraction of sp³-hybridized carbons (Fsp3) is 0.636. The van der Waals surface area contributed by atoms with Crippen molar-refractivity contribution in [3.8, 4) is 6.07 Å². The standard InChI is InChI=1S/C11H17N5OS/c1-11(2,6-7-12)8-13-14-9(18-8)16(5)10(17)15(3)4/h6H2,1-5H3. The van der Waals surface area contributed by atoms with Gasteiger partial charge in [0, 0.05) is 33.0 Å². The zero-order chi connectivity index (χ0) is 13.9. The number of amides is 2. The highest BCUT2D eigenvalue weighted by atomic mass is 32.1. The van der Waals surface area contributed by atoms with E-state index in [1.165, 1.54) is 21.1 Å². The molecule has 18 heavy (non-hydrogen) atoms. The lowest BCUT2D eigenvalue weighted by Gasteiger charge is -2.19. The molecule has 1 heterocycles. The molecule has 0 bridgehead atoms. The molecule has 0 aliphatic carbocycles. The molecule has 0 radical (unpaired) electrons. The summed E-state index contributed by atoms with van der Waals surface area (Å²) in [6, 6.07) is 1.98. The van der Waals surface area contributed by atoms with Crippen molar-refractivity contribution in [2.45, 2.75) is 25.7 Å². The Hall–Kier alpha value is -1.68. The molecule has 6 nitrogen and oxygen atoms in total. The molecule has 0 saturated heterocycles. The first kappa shape index (κ1) is 14.4. The van der Waals surface area contributed by atoms with Crippen molar-refractivity contribution < 1.29 is 4.79 Å². The van der Waals surface area contributed by atoms with Crippen molar-refractivity contribution in [3.05, 3.63) is 5.01 Å². The third-order valence-corrected chi connectivity index (χ3v) is 3.84. The number of hydrogen-bond acceptors (Lipinski definition) is 5. The van der Waals surface area contributed by atoms with Crippen LogP contribution in [0.1, 0.15) is 25.3 Å². The second-order valence-corrected chi connectivity index (χ2v) is 5.80. The topological polar surface area (TPSA) is 73.1 Å². The Morgan fingerprint density at radius 1 is 1.39 bits per heavy atom. The summed E-state index contributed by atoms with van der Waals surface area (Å²) in [5, 5.41) is 18.2. The van der Waals surface area contributed by atoms with Gasteiger partial charge in [0.2, 0.25) is 5.13 Å². The summed E-state index contributed by atoms with van der Waals surface area (Å²) >= 11 is 1.34. The van der Waals surface area contributed by atoms with Crippen molar-refractivity contribution in [3.63, 3.8) is 0 Å². The van der Waals surface area contributed by atoms with E-state index in [9.17, 15) is 4.79 Å². The highest BCUT2D eigenvalue weighted by Crippen LogP contribution is 2.32. The summed E-state index contributed by atoms with van der Waals surface area (Å²) in [6.07, 6.45) is 0.368. The van der Waals surface area contributed by atoms with Gasteiger partial charge in [-0.2, -0.15) is 5.26 Å². The molecule has 1 aromatic rings. The van der Waals surface area contributed by atoms with Crippen LogP contribution in [-0.2, 0) is 5.41 Å². The quantitative estimate of drug-likeness (QED) is 0.837. The van der Waals surface area contributed by atoms with Crippen LogP contribution in [0.2, 0.25) is 0 Å². The summed E-state index contributed by atoms with van der Waals surface area (Å²) in [7, 11) is 5.02. The Balaban J connectivity index is 2.94. The van der Waals surface area contributed by atoms with E-state index in [0.29, 0.717) is 11.6 Å². The van der Waals surface area contributed by atoms with Crippen molar-refractivity contribution in [2.24, 2.45) is 0 Å². The summed E-state index contributed by atoms with van der Waals surface area (Å²) in [5.41, 5.74) is -0.341. The molecule has 98 valence electrons. The lowest BCUT2D eigenvalue weighted by Crippen LogP contribution is -2.36. The zero-order valence-corrected chi connectivity index (χ0v) is 12.1. The Bertz CT molecular complexity index is 474. The fourth-order valence-corrected chi connectivity index (χ4v) is 2.18. The number of rotatable bonds is 3. The van der Waals surface area contributed by atoms with Crippen molar-refractivity contribution in [1.29, 1.82) is 5.26 Å². The molecular formula is C11H17N5OS. The van der Waals surface area contributed by atoms with Gasteiger partial charge in [0.05, 0.1) is 6.07 Å². The van der Waals surface area contributed by atoms with Gasteiger partial charge in [-0.05, 0) is 0 Å². The van der Waals surface area contributed by atoms with Crippen LogP contribution in [0.25, 0.3) is 0 Å². The predicted octanol–water partition coefficient (Wildman–Crippen LogP) is 1.85. The highest BCUT2D eigenvalue weighted by Gasteiger charge is 2.27. The molecular weight excluding hydrogens is 250 g/mol. The number of nitriles is 1. The van der Waals surface area contributed by atoms with E-state index in [1.54, 1.807) is 21.1 Å². The summed E-state index contributed by atoms with van der Waals surface area (Å²) in [5.74, 6) is 0. The first-order valence-corrected chi connectivity index (χ1v) is 6.27. The molecule has 0 spiro atoms. The van der Waals surface area contributed by atoms with Crippen molar-refractivity contribution in [2.75, 3.05) is 26.0 Å². The summed E-state index contributed by atoms with van der Waals surface area (Å²) in [6.45, 7) is 3.88. The molecule has 0 unspecified atom stereocenters. The first-order chi connectivity index (χ1) is 8.29. The number of carbonyl (C=O) groups excluding carboxylic acids is 1. The largest absolute Gasteiger partial charge is 0.330 e. The second-order valence-electron chi connectivity index (χ2n) is 4.84. The molecule has 0 atom stereocenters. The highest BCUT2D eigenvalue weighted by molar-refractivity contribution is 7.15. The summed E-state index contributed by atoms with van der Waals surface area (Å²) in [4.78, 5) is 14.7.